The van der Waals surface area contributed by atoms with Crippen LogP contribution in [0.3, 0.4) is 0 Å². The van der Waals surface area contributed by atoms with Gasteiger partial charge in [-0.3, -0.25) is 0 Å². The Morgan fingerprint density at radius 1 is 1.05 bits per heavy atom. The zero-order chi connectivity index (χ0) is 14.6. The summed E-state index contributed by atoms with van der Waals surface area (Å²) in [6, 6.07) is 0. The highest BCUT2D eigenvalue weighted by atomic mass is 16.5. The fourth-order valence-corrected chi connectivity index (χ4v) is 1.60. The van der Waals surface area contributed by atoms with Gasteiger partial charge in [-0.2, -0.15) is 0 Å². The van der Waals surface area contributed by atoms with Gasteiger partial charge in [0.2, 0.25) is 0 Å². The molecule has 0 bridgehead atoms. The number of nitrogens with zero attached hydrogens (tertiary/aromatic N) is 1. The topological polar surface area (TPSA) is 77.1 Å². The van der Waals surface area contributed by atoms with Crippen LogP contribution in [-0.2, 0) is 9.47 Å². The molecule has 0 spiro atoms. The van der Waals surface area contributed by atoms with E-state index in [1.165, 1.54) is 0 Å². The van der Waals surface area contributed by atoms with Crippen LogP contribution in [0, 0.1) is 5.41 Å². The average Bonchev–Trinajstić information content (AvgIpc) is 2.39. The van der Waals surface area contributed by atoms with Crippen molar-refractivity contribution >= 4 is 5.84 Å². The van der Waals surface area contributed by atoms with E-state index in [2.05, 4.69) is 12.1 Å². The van der Waals surface area contributed by atoms with Crippen LogP contribution in [-0.4, -0.2) is 37.5 Å². The largest absolute Gasteiger partial charge is 0.409 e. The first-order chi connectivity index (χ1) is 9.04. The maximum atomic E-state index is 8.66. The number of amidine groups is 1. The molecule has 0 fully saturated rings. The van der Waals surface area contributed by atoms with Gasteiger partial charge in [-0.1, -0.05) is 38.8 Å². The molecule has 0 atom stereocenters. The van der Waals surface area contributed by atoms with Gasteiger partial charge in [0.15, 0.2) is 0 Å². The molecule has 0 saturated heterocycles. The molecule has 0 unspecified atom stereocenters. The molecule has 0 saturated carbocycles. The van der Waals surface area contributed by atoms with Gasteiger partial charge in [0.1, 0.15) is 5.84 Å². The summed E-state index contributed by atoms with van der Waals surface area (Å²) < 4.78 is 10.9. The van der Waals surface area contributed by atoms with Crippen molar-refractivity contribution in [1.29, 1.82) is 0 Å². The van der Waals surface area contributed by atoms with E-state index in [1.54, 1.807) is 0 Å². The third-order valence-corrected chi connectivity index (χ3v) is 3.16. The zero-order valence-electron chi connectivity index (χ0n) is 12.7. The lowest BCUT2D eigenvalue weighted by Crippen LogP contribution is -2.31. The van der Waals surface area contributed by atoms with Crippen molar-refractivity contribution in [2.75, 3.05) is 26.4 Å². The lowest BCUT2D eigenvalue weighted by Gasteiger charge is -2.22. The summed E-state index contributed by atoms with van der Waals surface area (Å²) in [5.74, 6) is 0.290. The maximum Gasteiger partial charge on any atom is 0.144 e. The lowest BCUT2D eigenvalue weighted by atomic mass is 9.86. The Hall–Kier alpha value is -0.810. The number of hydrogen-bond donors (Lipinski definition) is 2. The van der Waals surface area contributed by atoms with Gasteiger partial charge in [0.25, 0.3) is 0 Å². The van der Waals surface area contributed by atoms with Crippen molar-refractivity contribution in [1.82, 2.24) is 0 Å². The Morgan fingerprint density at radius 3 is 2.16 bits per heavy atom. The quantitative estimate of drug-likeness (QED) is 0.189. The van der Waals surface area contributed by atoms with Gasteiger partial charge >= 0.3 is 0 Å². The van der Waals surface area contributed by atoms with E-state index in [1.807, 2.05) is 13.8 Å². The molecule has 19 heavy (non-hydrogen) atoms. The minimum absolute atomic E-state index is 0.252. The van der Waals surface area contributed by atoms with Crippen molar-refractivity contribution in [3.8, 4) is 0 Å². The summed E-state index contributed by atoms with van der Waals surface area (Å²) in [6.45, 7) is 9.00. The smallest absolute Gasteiger partial charge is 0.144 e. The predicted octanol–water partition coefficient (Wildman–Crippen LogP) is 2.76. The average molecular weight is 274 g/mol. The summed E-state index contributed by atoms with van der Waals surface area (Å²) in [6.07, 6.45) is 5.15. The van der Waals surface area contributed by atoms with Crippen LogP contribution in [0.4, 0.5) is 0 Å². The van der Waals surface area contributed by atoms with Gasteiger partial charge in [0, 0.05) is 18.6 Å². The molecule has 3 N–H and O–H groups in total. The SMILES string of the molecule is CCCCOCCOCCCCC(C)(C)C(N)=NO. The molecular formula is C14H30N2O3. The Labute approximate surface area is 117 Å². The van der Waals surface area contributed by atoms with E-state index in [9.17, 15) is 0 Å². The third-order valence-electron chi connectivity index (χ3n) is 3.16. The minimum atomic E-state index is -0.252. The van der Waals surface area contributed by atoms with Crippen LogP contribution in [0.1, 0.15) is 52.9 Å². The van der Waals surface area contributed by atoms with E-state index >= 15 is 0 Å². The number of unbranched alkanes of at least 4 members (excludes halogenated alkanes) is 2. The monoisotopic (exact) mass is 274 g/mol. The maximum absolute atomic E-state index is 8.66. The second-order valence-electron chi connectivity index (χ2n) is 5.40. The van der Waals surface area contributed by atoms with Crippen molar-refractivity contribution in [2.45, 2.75) is 52.9 Å². The van der Waals surface area contributed by atoms with Crippen LogP contribution >= 0.6 is 0 Å². The first-order valence-corrected chi connectivity index (χ1v) is 7.18. The van der Waals surface area contributed by atoms with Crippen molar-refractivity contribution < 1.29 is 14.7 Å². The van der Waals surface area contributed by atoms with Crippen molar-refractivity contribution in [3.05, 3.63) is 0 Å². The van der Waals surface area contributed by atoms with Crippen LogP contribution in [0.5, 0.6) is 0 Å². The highest BCUT2D eigenvalue weighted by Crippen LogP contribution is 2.23. The number of rotatable bonds is 12. The second-order valence-corrected chi connectivity index (χ2v) is 5.40. The summed E-state index contributed by atoms with van der Waals surface area (Å²) in [4.78, 5) is 0. The molecule has 0 radical (unpaired) electrons. The van der Waals surface area contributed by atoms with Gasteiger partial charge < -0.3 is 20.4 Å². The van der Waals surface area contributed by atoms with E-state index < -0.39 is 0 Å². The molecule has 5 heteroatoms. The van der Waals surface area contributed by atoms with Gasteiger partial charge in [0.05, 0.1) is 13.2 Å². The molecule has 114 valence electrons. The van der Waals surface area contributed by atoms with Gasteiger partial charge in [-0.05, 0) is 19.3 Å². The Balaban J connectivity index is 3.36. The first-order valence-electron chi connectivity index (χ1n) is 7.18. The Bertz CT molecular complexity index is 243. The fourth-order valence-electron chi connectivity index (χ4n) is 1.60. The van der Waals surface area contributed by atoms with E-state index in [-0.39, 0.29) is 11.3 Å². The van der Waals surface area contributed by atoms with Crippen LogP contribution in [0.25, 0.3) is 0 Å². The highest BCUT2D eigenvalue weighted by molar-refractivity contribution is 5.85. The zero-order valence-corrected chi connectivity index (χ0v) is 12.7. The molecule has 0 amide bonds. The van der Waals surface area contributed by atoms with E-state index in [4.69, 9.17) is 20.4 Å². The molecule has 0 aromatic rings. The summed E-state index contributed by atoms with van der Waals surface area (Å²) in [5, 5.41) is 11.7. The van der Waals surface area contributed by atoms with Gasteiger partial charge in [-0.15, -0.1) is 0 Å². The number of hydrogen-bond acceptors (Lipinski definition) is 4. The van der Waals surface area contributed by atoms with Crippen molar-refractivity contribution in [2.24, 2.45) is 16.3 Å². The minimum Gasteiger partial charge on any atom is -0.409 e. The van der Waals surface area contributed by atoms with E-state index in [0.29, 0.717) is 13.2 Å². The Morgan fingerprint density at radius 2 is 1.63 bits per heavy atom. The van der Waals surface area contributed by atoms with Crippen LogP contribution < -0.4 is 5.73 Å². The molecule has 0 heterocycles. The molecule has 0 aliphatic carbocycles. The fraction of sp³-hybridized carbons (Fsp3) is 0.929. The number of nitrogens with two attached hydrogens (primary N) is 1. The Kier molecular flexibility index (Phi) is 10.6. The molecule has 0 aromatic heterocycles. The molecule has 0 aliphatic heterocycles. The summed E-state index contributed by atoms with van der Waals surface area (Å²) in [5.41, 5.74) is 5.37. The van der Waals surface area contributed by atoms with Crippen LogP contribution in [0.15, 0.2) is 5.16 Å². The van der Waals surface area contributed by atoms with E-state index in [0.717, 1.165) is 45.3 Å². The molecule has 5 nitrogen and oxygen atoms in total. The summed E-state index contributed by atoms with van der Waals surface area (Å²) in [7, 11) is 0. The summed E-state index contributed by atoms with van der Waals surface area (Å²) >= 11 is 0. The number of ether oxygens (including phenoxy) is 2. The van der Waals surface area contributed by atoms with Crippen LogP contribution in [0.2, 0.25) is 0 Å². The molecule has 0 rings (SSSR count). The van der Waals surface area contributed by atoms with Crippen molar-refractivity contribution in [3.63, 3.8) is 0 Å². The predicted molar refractivity (Wildman–Crippen MR) is 77.6 cm³/mol. The highest BCUT2D eigenvalue weighted by Gasteiger charge is 2.22. The first kappa shape index (κ1) is 18.2. The third kappa shape index (κ3) is 9.73. The standard InChI is InChI=1S/C14H30N2O3/c1-4-5-9-18-11-12-19-10-7-6-8-14(2,3)13(15)16-17/h17H,4-12H2,1-3H3,(H2,15,16). The van der Waals surface area contributed by atoms with Gasteiger partial charge in [-0.25, -0.2) is 0 Å². The molecular weight excluding hydrogens is 244 g/mol. The second kappa shape index (κ2) is 11.1. The molecule has 0 aromatic carbocycles. The lowest BCUT2D eigenvalue weighted by molar-refractivity contribution is 0.0449. The molecule has 0 aliphatic rings. The normalized spacial score (nSPS) is 12.9. The number of oxime groups is 1.